The molecule has 1 aromatic carbocycles. The molecule has 1 aliphatic heterocycles. The summed E-state index contributed by atoms with van der Waals surface area (Å²) in [7, 11) is 0. The van der Waals surface area contributed by atoms with Crippen molar-refractivity contribution in [2.24, 2.45) is 0 Å². The molecule has 9 nitrogen and oxygen atoms in total. The highest BCUT2D eigenvalue weighted by atomic mass is 16.5. The number of rotatable bonds is 6. The van der Waals surface area contributed by atoms with Crippen LogP contribution in [-0.2, 0) is 12.8 Å². The summed E-state index contributed by atoms with van der Waals surface area (Å²) in [6.07, 6.45) is 3.63. The maximum Gasteiger partial charge on any atom is 0.326 e. The maximum absolute atomic E-state index is 12.5. The third-order valence-corrected chi connectivity index (χ3v) is 4.92. The Labute approximate surface area is 173 Å². The summed E-state index contributed by atoms with van der Waals surface area (Å²) in [6, 6.07) is 8.69. The SMILES string of the molecule is CCCCc1cc(NC(=O)Nc2cc(C)on2)n(-c2ccc3c(c2)C(=O)NCC3)n1. The number of urea groups is 1. The number of nitrogens with one attached hydrogen (secondary N) is 3. The highest BCUT2D eigenvalue weighted by molar-refractivity contribution is 5.99. The van der Waals surface area contributed by atoms with E-state index in [1.54, 1.807) is 17.7 Å². The lowest BCUT2D eigenvalue weighted by Gasteiger charge is -2.17. The topological polar surface area (TPSA) is 114 Å². The molecule has 0 atom stereocenters. The van der Waals surface area contributed by atoms with Gasteiger partial charge in [-0.25, -0.2) is 9.48 Å². The second kappa shape index (κ2) is 8.40. The minimum absolute atomic E-state index is 0.0925. The van der Waals surface area contributed by atoms with Gasteiger partial charge in [-0.05, 0) is 43.9 Å². The Hall–Kier alpha value is -3.62. The average molecular weight is 408 g/mol. The Morgan fingerprint density at radius 1 is 1.27 bits per heavy atom. The Balaban J connectivity index is 1.63. The number of unbranched alkanes of at least 4 members (excludes halogenated alkanes) is 1. The number of nitrogens with zero attached hydrogens (tertiary/aromatic N) is 3. The Bertz CT molecular complexity index is 1080. The van der Waals surface area contributed by atoms with E-state index in [1.165, 1.54) is 0 Å². The Morgan fingerprint density at radius 3 is 2.90 bits per heavy atom. The van der Waals surface area contributed by atoms with E-state index < -0.39 is 6.03 Å². The van der Waals surface area contributed by atoms with Crippen molar-refractivity contribution in [1.29, 1.82) is 0 Å². The largest absolute Gasteiger partial charge is 0.360 e. The molecule has 0 bridgehead atoms. The van der Waals surface area contributed by atoms with E-state index in [2.05, 4.69) is 33.1 Å². The molecule has 3 heterocycles. The lowest BCUT2D eigenvalue weighted by Crippen LogP contribution is -2.31. The van der Waals surface area contributed by atoms with E-state index in [0.717, 1.165) is 36.9 Å². The minimum Gasteiger partial charge on any atom is -0.360 e. The van der Waals surface area contributed by atoms with Gasteiger partial charge in [-0.2, -0.15) is 5.10 Å². The summed E-state index contributed by atoms with van der Waals surface area (Å²) in [4.78, 5) is 24.7. The van der Waals surface area contributed by atoms with Gasteiger partial charge in [0.15, 0.2) is 5.82 Å². The van der Waals surface area contributed by atoms with Gasteiger partial charge in [-0.15, -0.1) is 0 Å². The van der Waals surface area contributed by atoms with Crippen molar-refractivity contribution in [1.82, 2.24) is 20.3 Å². The zero-order valence-corrected chi connectivity index (χ0v) is 17.0. The molecule has 4 rings (SSSR count). The van der Waals surface area contributed by atoms with Gasteiger partial charge in [0.25, 0.3) is 5.91 Å². The van der Waals surface area contributed by atoms with Crippen LogP contribution in [0.1, 0.15) is 47.1 Å². The van der Waals surface area contributed by atoms with Crippen molar-refractivity contribution in [2.45, 2.75) is 39.5 Å². The summed E-state index contributed by atoms with van der Waals surface area (Å²) in [5, 5.41) is 16.8. The highest BCUT2D eigenvalue weighted by Gasteiger charge is 2.19. The molecule has 156 valence electrons. The van der Waals surface area contributed by atoms with Gasteiger partial charge >= 0.3 is 6.03 Å². The summed E-state index contributed by atoms with van der Waals surface area (Å²) >= 11 is 0. The third-order valence-electron chi connectivity index (χ3n) is 4.92. The molecule has 30 heavy (non-hydrogen) atoms. The van der Waals surface area contributed by atoms with E-state index in [4.69, 9.17) is 4.52 Å². The molecule has 1 aliphatic rings. The molecule has 0 unspecified atom stereocenters. The number of fused-ring (bicyclic) bond motifs is 1. The molecule has 0 spiro atoms. The van der Waals surface area contributed by atoms with Crippen LogP contribution in [0.4, 0.5) is 16.4 Å². The smallest absolute Gasteiger partial charge is 0.326 e. The minimum atomic E-state index is -0.456. The summed E-state index contributed by atoms with van der Waals surface area (Å²) in [5.74, 6) is 1.34. The van der Waals surface area contributed by atoms with Gasteiger partial charge < -0.3 is 9.84 Å². The van der Waals surface area contributed by atoms with Crippen LogP contribution in [0.2, 0.25) is 0 Å². The number of carbonyl (C=O) groups excluding carboxylic acids is 2. The van der Waals surface area contributed by atoms with E-state index >= 15 is 0 Å². The van der Waals surface area contributed by atoms with Crippen LogP contribution < -0.4 is 16.0 Å². The quantitative estimate of drug-likeness (QED) is 0.578. The van der Waals surface area contributed by atoms with Crippen LogP contribution in [0.25, 0.3) is 5.69 Å². The van der Waals surface area contributed by atoms with Crippen molar-refractivity contribution < 1.29 is 14.1 Å². The van der Waals surface area contributed by atoms with E-state index in [0.29, 0.717) is 35.2 Å². The standard InChI is InChI=1S/C21H24N6O3/c1-3-4-5-15-11-19(24-21(29)23-18-10-13(2)30-26-18)27(25-15)16-7-6-14-8-9-22-20(28)17(14)12-16/h6-7,10-12H,3-5,8-9H2,1-2H3,(H,22,28)(H2,23,24,26,29). The number of aromatic nitrogens is 3. The molecule has 0 aliphatic carbocycles. The monoisotopic (exact) mass is 408 g/mol. The van der Waals surface area contributed by atoms with Crippen molar-refractivity contribution in [2.75, 3.05) is 17.2 Å². The number of amides is 3. The van der Waals surface area contributed by atoms with Crippen LogP contribution in [-0.4, -0.2) is 33.4 Å². The Morgan fingerprint density at radius 2 is 2.13 bits per heavy atom. The molecule has 3 N–H and O–H groups in total. The van der Waals surface area contributed by atoms with Crippen LogP contribution >= 0.6 is 0 Å². The normalized spacial score (nSPS) is 12.9. The van der Waals surface area contributed by atoms with Crippen molar-refractivity contribution in [3.63, 3.8) is 0 Å². The molecule has 9 heteroatoms. The van der Waals surface area contributed by atoms with Gasteiger partial charge in [-0.3, -0.25) is 15.4 Å². The third kappa shape index (κ3) is 4.19. The first-order valence-corrected chi connectivity index (χ1v) is 10.0. The predicted molar refractivity (Wildman–Crippen MR) is 112 cm³/mol. The van der Waals surface area contributed by atoms with Crippen LogP contribution in [0.5, 0.6) is 0 Å². The second-order valence-corrected chi connectivity index (χ2v) is 7.29. The molecule has 3 aromatic rings. The fourth-order valence-electron chi connectivity index (χ4n) is 3.42. The summed E-state index contributed by atoms with van der Waals surface area (Å²) in [6.45, 7) is 4.51. The summed E-state index contributed by atoms with van der Waals surface area (Å²) in [5.41, 5.74) is 3.22. The van der Waals surface area contributed by atoms with Crippen LogP contribution in [0, 0.1) is 6.92 Å². The summed E-state index contributed by atoms with van der Waals surface area (Å²) < 4.78 is 6.63. The Kier molecular flexibility index (Phi) is 5.51. The average Bonchev–Trinajstić information content (AvgIpc) is 3.32. The van der Waals surface area contributed by atoms with Gasteiger partial charge in [0.05, 0.1) is 11.4 Å². The molecule has 2 aromatic heterocycles. The van der Waals surface area contributed by atoms with Gasteiger partial charge in [0.2, 0.25) is 0 Å². The van der Waals surface area contributed by atoms with Crippen molar-refractivity contribution in [3.8, 4) is 5.69 Å². The zero-order chi connectivity index (χ0) is 21.1. The molecule has 0 radical (unpaired) electrons. The van der Waals surface area contributed by atoms with E-state index in [1.807, 2.05) is 24.3 Å². The van der Waals surface area contributed by atoms with Crippen LogP contribution in [0.15, 0.2) is 34.9 Å². The van der Waals surface area contributed by atoms with Gasteiger partial charge in [0, 0.05) is 24.2 Å². The van der Waals surface area contributed by atoms with Gasteiger partial charge in [0.1, 0.15) is 11.6 Å². The zero-order valence-electron chi connectivity index (χ0n) is 17.0. The molecule has 0 saturated carbocycles. The molecular weight excluding hydrogens is 384 g/mol. The lowest BCUT2D eigenvalue weighted by molar-refractivity contribution is 0.0946. The lowest BCUT2D eigenvalue weighted by atomic mass is 10.00. The van der Waals surface area contributed by atoms with Gasteiger partial charge in [-0.1, -0.05) is 24.6 Å². The first-order chi connectivity index (χ1) is 14.5. The molecule has 0 fully saturated rings. The predicted octanol–water partition coefficient (Wildman–Crippen LogP) is 3.44. The van der Waals surface area contributed by atoms with Crippen molar-refractivity contribution in [3.05, 3.63) is 52.9 Å². The fourth-order valence-corrected chi connectivity index (χ4v) is 3.42. The molecular formula is C21H24N6O3. The molecule has 3 amide bonds. The van der Waals surface area contributed by atoms with Crippen molar-refractivity contribution >= 4 is 23.6 Å². The molecule has 0 saturated heterocycles. The second-order valence-electron chi connectivity index (χ2n) is 7.29. The number of aryl methyl sites for hydroxylation is 2. The highest BCUT2D eigenvalue weighted by Crippen LogP contribution is 2.23. The van der Waals surface area contributed by atoms with E-state index in [-0.39, 0.29) is 5.91 Å². The number of benzene rings is 1. The number of carbonyl (C=O) groups is 2. The first-order valence-electron chi connectivity index (χ1n) is 10.0. The maximum atomic E-state index is 12.5. The number of hydrogen-bond acceptors (Lipinski definition) is 5. The van der Waals surface area contributed by atoms with Crippen LogP contribution in [0.3, 0.4) is 0 Å². The number of hydrogen-bond donors (Lipinski definition) is 3. The number of anilines is 2. The van der Waals surface area contributed by atoms with E-state index in [9.17, 15) is 9.59 Å². The first kappa shape index (κ1) is 19.7. The fraction of sp³-hybridized carbons (Fsp3) is 0.333.